The number of rotatable bonds is 5. The van der Waals surface area contributed by atoms with Crippen molar-refractivity contribution in [3.63, 3.8) is 0 Å². The van der Waals surface area contributed by atoms with E-state index in [0.717, 1.165) is 13.1 Å². The van der Waals surface area contributed by atoms with Gasteiger partial charge >= 0.3 is 6.18 Å². The Balaban J connectivity index is 5.20. The Morgan fingerprint density at radius 2 is 1.89 bits per heavy atom. The molecule has 100 valence electrons. The van der Waals surface area contributed by atoms with Crippen LogP contribution >= 0.6 is 0 Å². The van der Waals surface area contributed by atoms with Crippen LogP contribution in [0.2, 0.25) is 0 Å². The van der Waals surface area contributed by atoms with E-state index in [1.807, 2.05) is 0 Å². The summed E-state index contributed by atoms with van der Waals surface area (Å²) in [6.07, 6.45) is -3.20. The summed E-state index contributed by atoms with van der Waals surface area (Å²) in [5.41, 5.74) is -1.67. The lowest BCUT2D eigenvalue weighted by molar-refractivity contribution is -0.122. The van der Waals surface area contributed by atoms with Crippen LogP contribution in [0.4, 0.5) is 13.2 Å². The average Bonchev–Trinajstić information content (AvgIpc) is 2.24. The second kappa shape index (κ2) is 6.73. The Bertz CT molecular complexity index is 409. The van der Waals surface area contributed by atoms with Crippen molar-refractivity contribution in [3.8, 4) is 0 Å². The molecule has 0 aromatic heterocycles. The van der Waals surface area contributed by atoms with Gasteiger partial charge in [-0.1, -0.05) is 0 Å². The molecule has 0 bridgehead atoms. The molecule has 0 aliphatic rings. The summed E-state index contributed by atoms with van der Waals surface area (Å²) in [6.45, 7) is 4.93. The SMILES string of the molecule is C=N/C=C\C(=C(/C)C(=O)NCC(C)=O)C(F)(F)F. The molecule has 1 amide bonds. The third-order valence-corrected chi connectivity index (χ3v) is 1.89. The molecule has 4 nitrogen and oxygen atoms in total. The van der Waals surface area contributed by atoms with E-state index in [1.54, 1.807) is 0 Å². The number of hydrogen-bond acceptors (Lipinski definition) is 3. The monoisotopic (exact) mass is 262 g/mol. The van der Waals surface area contributed by atoms with Crippen LogP contribution in [0.5, 0.6) is 0 Å². The number of carbonyl (C=O) groups excluding carboxylic acids is 2. The van der Waals surface area contributed by atoms with Gasteiger partial charge in [-0.05, 0) is 26.6 Å². The van der Waals surface area contributed by atoms with Gasteiger partial charge in [0.05, 0.1) is 12.1 Å². The highest BCUT2D eigenvalue weighted by Crippen LogP contribution is 2.29. The van der Waals surface area contributed by atoms with E-state index in [0.29, 0.717) is 6.08 Å². The second-order valence-corrected chi connectivity index (χ2v) is 3.42. The minimum Gasteiger partial charge on any atom is -0.345 e. The fourth-order valence-corrected chi connectivity index (χ4v) is 1.02. The summed E-state index contributed by atoms with van der Waals surface area (Å²) >= 11 is 0. The van der Waals surface area contributed by atoms with Gasteiger partial charge in [0.1, 0.15) is 5.78 Å². The van der Waals surface area contributed by atoms with E-state index in [1.165, 1.54) is 6.92 Å². The van der Waals surface area contributed by atoms with Gasteiger partial charge in [0.2, 0.25) is 5.91 Å². The summed E-state index contributed by atoms with van der Waals surface area (Å²) in [6, 6.07) is 0. The molecule has 0 radical (unpaired) electrons. The molecule has 0 unspecified atom stereocenters. The van der Waals surface area contributed by atoms with Crippen molar-refractivity contribution in [3.05, 3.63) is 23.4 Å². The molecule has 7 heteroatoms. The number of carbonyl (C=O) groups is 2. The summed E-state index contributed by atoms with van der Waals surface area (Å²) in [4.78, 5) is 25.2. The first-order chi connectivity index (χ1) is 8.20. The van der Waals surface area contributed by atoms with E-state index in [4.69, 9.17) is 0 Å². The van der Waals surface area contributed by atoms with Crippen LogP contribution in [0.1, 0.15) is 13.8 Å². The molecule has 0 aromatic carbocycles. The lowest BCUT2D eigenvalue weighted by Gasteiger charge is -2.11. The van der Waals surface area contributed by atoms with Crippen LogP contribution < -0.4 is 5.32 Å². The summed E-state index contributed by atoms with van der Waals surface area (Å²) in [7, 11) is 0. The van der Waals surface area contributed by atoms with Gasteiger partial charge in [0, 0.05) is 11.8 Å². The van der Waals surface area contributed by atoms with Crippen molar-refractivity contribution in [2.45, 2.75) is 20.0 Å². The molecule has 0 rings (SSSR count). The number of halogens is 3. The van der Waals surface area contributed by atoms with E-state index in [9.17, 15) is 22.8 Å². The smallest absolute Gasteiger partial charge is 0.345 e. The maximum atomic E-state index is 12.6. The maximum Gasteiger partial charge on any atom is 0.416 e. The highest BCUT2D eigenvalue weighted by Gasteiger charge is 2.35. The molecular weight excluding hydrogens is 249 g/mol. The number of nitrogens with zero attached hydrogens (tertiary/aromatic N) is 1. The molecule has 0 aliphatic carbocycles. The van der Waals surface area contributed by atoms with Crippen LogP contribution in [0.15, 0.2) is 28.4 Å². The number of hydrogen-bond donors (Lipinski definition) is 1. The lowest BCUT2D eigenvalue weighted by Crippen LogP contribution is -2.30. The zero-order valence-corrected chi connectivity index (χ0v) is 9.97. The zero-order chi connectivity index (χ0) is 14.3. The van der Waals surface area contributed by atoms with Crippen molar-refractivity contribution in [2.24, 2.45) is 4.99 Å². The fourth-order valence-electron chi connectivity index (χ4n) is 1.02. The number of nitrogens with one attached hydrogen (secondary N) is 1. The summed E-state index contributed by atoms with van der Waals surface area (Å²) < 4.78 is 37.9. The predicted molar refractivity (Wildman–Crippen MR) is 61.1 cm³/mol. The second-order valence-electron chi connectivity index (χ2n) is 3.42. The Morgan fingerprint density at radius 1 is 1.33 bits per heavy atom. The Labute approximate surface area is 102 Å². The van der Waals surface area contributed by atoms with Gasteiger partial charge in [0.15, 0.2) is 0 Å². The molecule has 18 heavy (non-hydrogen) atoms. The minimum atomic E-state index is -4.68. The van der Waals surface area contributed by atoms with Gasteiger partial charge in [0.25, 0.3) is 0 Å². The first kappa shape index (κ1) is 16.1. The van der Waals surface area contributed by atoms with Crippen LogP contribution in [-0.2, 0) is 9.59 Å². The van der Waals surface area contributed by atoms with Crippen molar-refractivity contribution in [1.29, 1.82) is 0 Å². The molecule has 0 aromatic rings. The molecule has 0 aliphatic heterocycles. The van der Waals surface area contributed by atoms with E-state index in [-0.39, 0.29) is 12.3 Å². The van der Waals surface area contributed by atoms with Gasteiger partial charge < -0.3 is 5.32 Å². The summed E-state index contributed by atoms with van der Waals surface area (Å²) in [5, 5.41) is 2.08. The largest absolute Gasteiger partial charge is 0.416 e. The quantitative estimate of drug-likeness (QED) is 0.466. The average molecular weight is 262 g/mol. The minimum absolute atomic E-state index is 0.315. The highest BCUT2D eigenvalue weighted by atomic mass is 19.4. The normalized spacial score (nSPS) is 13.2. The topological polar surface area (TPSA) is 58.5 Å². The lowest BCUT2D eigenvalue weighted by atomic mass is 10.1. The van der Waals surface area contributed by atoms with Gasteiger partial charge in [-0.15, -0.1) is 0 Å². The van der Waals surface area contributed by atoms with Crippen molar-refractivity contribution in [2.75, 3.05) is 6.54 Å². The first-order valence-electron chi connectivity index (χ1n) is 4.88. The Kier molecular flexibility index (Phi) is 6.01. The molecule has 0 saturated carbocycles. The molecule has 0 heterocycles. The fraction of sp³-hybridized carbons (Fsp3) is 0.364. The Hall–Kier alpha value is -1.92. The number of amides is 1. The zero-order valence-electron chi connectivity index (χ0n) is 9.97. The van der Waals surface area contributed by atoms with Crippen LogP contribution in [0, 0.1) is 0 Å². The molecule has 0 saturated heterocycles. The van der Waals surface area contributed by atoms with E-state index >= 15 is 0 Å². The van der Waals surface area contributed by atoms with Crippen LogP contribution in [0.3, 0.4) is 0 Å². The number of ketones is 1. The van der Waals surface area contributed by atoms with Crippen molar-refractivity contribution < 1.29 is 22.8 Å². The standard InChI is InChI=1S/C11H13F3N2O2/c1-7(17)6-16-10(18)8(2)9(4-5-15-3)11(12,13)14/h4-5H,3,6H2,1-2H3,(H,16,18)/b5-4-,9-8-. The van der Waals surface area contributed by atoms with Crippen molar-refractivity contribution in [1.82, 2.24) is 5.32 Å². The van der Waals surface area contributed by atoms with Crippen LogP contribution in [-0.4, -0.2) is 31.1 Å². The summed E-state index contributed by atoms with van der Waals surface area (Å²) in [5.74, 6) is -1.31. The van der Waals surface area contributed by atoms with E-state index in [2.05, 4.69) is 17.0 Å². The number of allylic oxidation sites excluding steroid dienone is 2. The van der Waals surface area contributed by atoms with Gasteiger partial charge in [-0.25, -0.2) is 0 Å². The van der Waals surface area contributed by atoms with Gasteiger partial charge in [-0.2, -0.15) is 13.2 Å². The van der Waals surface area contributed by atoms with E-state index < -0.39 is 23.2 Å². The van der Waals surface area contributed by atoms with Crippen molar-refractivity contribution >= 4 is 18.4 Å². The number of Topliss-reactive ketones (excluding diaryl/α,β-unsaturated/α-hetero) is 1. The van der Waals surface area contributed by atoms with Gasteiger partial charge in [-0.3, -0.25) is 14.6 Å². The third-order valence-electron chi connectivity index (χ3n) is 1.89. The number of aliphatic imine (C=N–C) groups is 1. The number of alkyl halides is 3. The maximum absolute atomic E-state index is 12.6. The molecule has 0 atom stereocenters. The first-order valence-corrected chi connectivity index (χ1v) is 4.88. The molecule has 1 N–H and O–H groups in total. The predicted octanol–water partition coefficient (Wildman–Crippen LogP) is 1.78. The third kappa shape index (κ3) is 5.42. The highest BCUT2D eigenvalue weighted by molar-refractivity contribution is 5.96. The molecule has 0 fully saturated rings. The molecular formula is C11H13F3N2O2. The van der Waals surface area contributed by atoms with Crippen LogP contribution in [0.25, 0.3) is 0 Å². The molecule has 0 spiro atoms. The Morgan fingerprint density at radius 3 is 2.28 bits per heavy atom.